The molecule has 0 spiro atoms. The van der Waals surface area contributed by atoms with Gasteiger partial charge in [-0.15, -0.1) is 0 Å². The van der Waals surface area contributed by atoms with Crippen LogP contribution in [0.2, 0.25) is 0 Å². The molecular formula is C17H16N2O2. The van der Waals surface area contributed by atoms with Crippen molar-refractivity contribution in [1.82, 2.24) is 10.0 Å². The maximum atomic E-state index is 12.1. The van der Waals surface area contributed by atoms with Crippen molar-refractivity contribution in [3.8, 4) is 0 Å². The van der Waals surface area contributed by atoms with Crippen LogP contribution in [-0.4, -0.2) is 21.8 Å². The molecule has 1 aliphatic rings. The molecule has 1 aliphatic heterocycles. The summed E-state index contributed by atoms with van der Waals surface area (Å²) < 4.78 is 0. The third-order valence-electron chi connectivity index (χ3n) is 3.52. The van der Waals surface area contributed by atoms with Crippen LogP contribution in [0.25, 0.3) is 0 Å². The molecule has 0 aromatic heterocycles. The summed E-state index contributed by atoms with van der Waals surface area (Å²) >= 11 is 0. The topological polar surface area (TPSA) is 40.6 Å². The summed E-state index contributed by atoms with van der Waals surface area (Å²) in [6, 6.07) is 19.4. The van der Waals surface area contributed by atoms with Crippen LogP contribution in [0.4, 0.5) is 0 Å². The normalized spacial score (nSPS) is 14.9. The lowest BCUT2D eigenvalue weighted by Gasteiger charge is -2.28. The van der Waals surface area contributed by atoms with Gasteiger partial charge in [0.05, 0.1) is 13.1 Å². The predicted molar refractivity (Wildman–Crippen MR) is 78.6 cm³/mol. The number of rotatable bonds is 4. The molecule has 0 N–H and O–H groups in total. The standard InChI is InChI=1S/C17H16N2O2/c20-16-11-17(21)19(13-15-9-5-2-6-10-15)18(16)12-14-7-3-1-4-8-14/h1-10H,11-13H2. The van der Waals surface area contributed by atoms with E-state index < -0.39 is 0 Å². The second kappa shape index (κ2) is 5.79. The highest BCUT2D eigenvalue weighted by Crippen LogP contribution is 2.20. The molecule has 3 rings (SSSR count). The molecule has 1 fully saturated rings. The molecule has 0 bridgehead atoms. The zero-order valence-corrected chi connectivity index (χ0v) is 11.6. The molecule has 0 unspecified atom stereocenters. The Morgan fingerprint density at radius 1 is 0.667 bits per heavy atom. The lowest BCUT2D eigenvalue weighted by Crippen LogP contribution is -2.39. The van der Waals surface area contributed by atoms with Crippen LogP contribution in [0.15, 0.2) is 60.7 Å². The van der Waals surface area contributed by atoms with Gasteiger partial charge in [-0.3, -0.25) is 9.59 Å². The van der Waals surface area contributed by atoms with Gasteiger partial charge in [0.25, 0.3) is 11.8 Å². The molecule has 4 heteroatoms. The van der Waals surface area contributed by atoms with Crippen molar-refractivity contribution in [2.75, 3.05) is 0 Å². The van der Waals surface area contributed by atoms with Gasteiger partial charge in [-0.2, -0.15) is 0 Å². The summed E-state index contributed by atoms with van der Waals surface area (Å²) in [7, 11) is 0. The van der Waals surface area contributed by atoms with Gasteiger partial charge >= 0.3 is 0 Å². The van der Waals surface area contributed by atoms with E-state index >= 15 is 0 Å². The molecule has 2 aromatic rings. The van der Waals surface area contributed by atoms with Gasteiger partial charge in [-0.1, -0.05) is 60.7 Å². The molecule has 0 aliphatic carbocycles. The second-order valence-corrected chi connectivity index (χ2v) is 5.05. The van der Waals surface area contributed by atoms with Gasteiger partial charge in [0, 0.05) is 0 Å². The summed E-state index contributed by atoms with van der Waals surface area (Å²) in [6.45, 7) is 0.858. The monoisotopic (exact) mass is 280 g/mol. The Labute approximate surface area is 123 Å². The summed E-state index contributed by atoms with van der Waals surface area (Å²) in [6.07, 6.45) is -0.0420. The molecule has 4 nitrogen and oxygen atoms in total. The first-order valence-corrected chi connectivity index (χ1v) is 6.92. The Kier molecular flexibility index (Phi) is 3.69. The molecular weight excluding hydrogens is 264 g/mol. The Hall–Kier alpha value is -2.62. The average Bonchev–Trinajstić information content (AvgIpc) is 2.76. The number of amides is 2. The molecule has 106 valence electrons. The molecule has 0 saturated carbocycles. The van der Waals surface area contributed by atoms with Crippen LogP contribution in [0, 0.1) is 0 Å². The van der Waals surface area contributed by atoms with E-state index in [9.17, 15) is 9.59 Å². The first-order valence-electron chi connectivity index (χ1n) is 6.92. The highest BCUT2D eigenvalue weighted by Gasteiger charge is 2.35. The number of hydrazine groups is 1. The van der Waals surface area contributed by atoms with Crippen LogP contribution in [-0.2, 0) is 22.7 Å². The smallest absolute Gasteiger partial charge is 0.250 e. The van der Waals surface area contributed by atoms with Gasteiger partial charge in [-0.25, -0.2) is 10.0 Å². The van der Waals surface area contributed by atoms with E-state index in [1.165, 1.54) is 0 Å². The SMILES string of the molecule is O=C1CC(=O)N(Cc2ccccc2)N1Cc1ccccc1. The van der Waals surface area contributed by atoms with Crippen molar-refractivity contribution in [2.45, 2.75) is 19.5 Å². The van der Waals surface area contributed by atoms with E-state index in [1.807, 2.05) is 60.7 Å². The van der Waals surface area contributed by atoms with E-state index in [2.05, 4.69) is 0 Å². The highest BCUT2D eigenvalue weighted by atomic mass is 16.2. The Morgan fingerprint density at radius 2 is 1.05 bits per heavy atom. The number of benzene rings is 2. The van der Waals surface area contributed by atoms with Crippen LogP contribution >= 0.6 is 0 Å². The molecule has 1 saturated heterocycles. The first kappa shape index (κ1) is 13.4. The quantitative estimate of drug-likeness (QED) is 0.807. The number of carbonyl (C=O) groups excluding carboxylic acids is 2. The zero-order valence-electron chi connectivity index (χ0n) is 11.6. The third-order valence-corrected chi connectivity index (χ3v) is 3.52. The van der Waals surface area contributed by atoms with Crippen LogP contribution in [0.5, 0.6) is 0 Å². The minimum Gasteiger partial charge on any atom is -0.272 e. The first-order chi connectivity index (χ1) is 10.2. The number of hydrogen-bond donors (Lipinski definition) is 0. The third kappa shape index (κ3) is 2.94. The average molecular weight is 280 g/mol. The fraction of sp³-hybridized carbons (Fsp3) is 0.176. The van der Waals surface area contributed by atoms with E-state index in [1.54, 1.807) is 10.0 Å². The maximum Gasteiger partial charge on any atom is 0.250 e. The van der Waals surface area contributed by atoms with Crippen molar-refractivity contribution in [3.05, 3.63) is 71.8 Å². The zero-order chi connectivity index (χ0) is 14.7. The minimum absolute atomic E-state index is 0.0420. The van der Waals surface area contributed by atoms with Gasteiger partial charge < -0.3 is 0 Å². The predicted octanol–water partition coefficient (Wildman–Crippen LogP) is 2.36. The lowest BCUT2D eigenvalue weighted by molar-refractivity contribution is -0.149. The second-order valence-electron chi connectivity index (χ2n) is 5.05. The Morgan fingerprint density at radius 3 is 1.43 bits per heavy atom. The fourth-order valence-electron chi connectivity index (χ4n) is 2.44. The van der Waals surface area contributed by atoms with Crippen molar-refractivity contribution < 1.29 is 9.59 Å². The van der Waals surface area contributed by atoms with E-state index in [4.69, 9.17) is 0 Å². The summed E-state index contributed by atoms with van der Waals surface area (Å²) in [4.78, 5) is 24.1. The number of carbonyl (C=O) groups is 2. The van der Waals surface area contributed by atoms with E-state index in [0.717, 1.165) is 11.1 Å². The largest absolute Gasteiger partial charge is 0.272 e. The highest BCUT2D eigenvalue weighted by molar-refractivity contribution is 6.02. The maximum absolute atomic E-state index is 12.1. The van der Waals surface area contributed by atoms with Gasteiger partial charge in [0.15, 0.2) is 0 Å². The van der Waals surface area contributed by atoms with Gasteiger partial charge in [-0.05, 0) is 11.1 Å². The summed E-state index contributed by atoms with van der Waals surface area (Å²) in [5, 5.41) is 3.09. The van der Waals surface area contributed by atoms with Crippen LogP contribution < -0.4 is 0 Å². The van der Waals surface area contributed by atoms with Crippen LogP contribution in [0.1, 0.15) is 17.5 Å². The van der Waals surface area contributed by atoms with Crippen LogP contribution in [0.3, 0.4) is 0 Å². The molecule has 2 aromatic carbocycles. The van der Waals surface area contributed by atoms with Crippen molar-refractivity contribution in [2.24, 2.45) is 0 Å². The summed E-state index contributed by atoms with van der Waals surface area (Å²) in [5.41, 5.74) is 2.03. The van der Waals surface area contributed by atoms with E-state index in [-0.39, 0.29) is 18.2 Å². The molecule has 2 amide bonds. The summed E-state index contributed by atoms with van der Waals surface area (Å²) in [5.74, 6) is -0.278. The lowest BCUT2D eigenvalue weighted by atomic mass is 10.2. The van der Waals surface area contributed by atoms with Gasteiger partial charge in [0.1, 0.15) is 6.42 Å². The van der Waals surface area contributed by atoms with E-state index in [0.29, 0.717) is 13.1 Å². The fourth-order valence-corrected chi connectivity index (χ4v) is 2.44. The Balaban J connectivity index is 1.79. The minimum atomic E-state index is -0.139. The number of hydrogen-bond acceptors (Lipinski definition) is 2. The Bertz CT molecular complexity index is 583. The van der Waals surface area contributed by atoms with Crippen molar-refractivity contribution >= 4 is 11.8 Å². The molecule has 1 heterocycles. The van der Waals surface area contributed by atoms with Gasteiger partial charge in [0.2, 0.25) is 0 Å². The van der Waals surface area contributed by atoms with Crippen molar-refractivity contribution in [1.29, 1.82) is 0 Å². The molecule has 0 atom stereocenters. The number of nitrogens with zero attached hydrogens (tertiary/aromatic N) is 2. The molecule has 21 heavy (non-hydrogen) atoms. The van der Waals surface area contributed by atoms with Crippen molar-refractivity contribution in [3.63, 3.8) is 0 Å². The molecule has 0 radical (unpaired) electrons.